The van der Waals surface area contributed by atoms with Gasteiger partial charge in [-0.25, -0.2) is 4.79 Å². The average molecular weight is 383 g/mol. The lowest BCUT2D eigenvalue weighted by molar-refractivity contribution is -0.118. The van der Waals surface area contributed by atoms with Gasteiger partial charge in [-0.1, -0.05) is 50.3 Å². The van der Waals surface area contributed by atoms with E-state index in [1.165, 1.54) is 20.3 Å². The van der Waals surface area contributed by atoms with Crippen LogP contribution in [0, 0.1) is 5.92 Å². The predicted molar refractivity (Wildman–Crippen MR) is 109 cm³/mol. The Morgan fingerprint density at radius 3 is 2.29 bits per heavy atom. The lowest BCUT2D eigenvalue weighted by Gasteiger charge is -2.16. The van der Waals surface area contributed by atoms with Crippen LogP contribution in [0.1, 0.15) is 29.8 Å². The zero-order valence-corrected chi connectivity index (χ0v) is 16.5. The van der Waals surface area contributed by atoms with Crippen LogP contribution in [0.4, 0.5) is 5.69 Å². The van der Waals surface area contributed by atoms with Crippen molar-refractivity contribution < 1.29 is 23.8 Å². The van der Waals surface area contributed by atoms with Gasteiger partial charge in [-0.3, -0.25) is 4.79 Å². The van der Waals surface area contributed by atoms with Gasteiger partial charge in [-0.05, 0) is 11.6 Å². The highest BCUT2D eigenvalue weighted by Gasteiger charge is 2.20. The quantitative estimate of drug-likeness (QED) is 0.693. The second kappa shape index (κ2) is 10.2. The first-order chi connectivity index (χ1) is 13.5. The number of nitrogens with one attached hydrogen (secondary N) is 1. The van der Waals surface area contributed by atoms with Gasteiger partial charge in [0, 0.05) is 18.1 Å². The standard InChI is InChI=1S/C22H25NO5/c1-15(2)21(24)23-18-14-20(27-4)19(26-3)13-17(18)22(25)28-12-8-11-16-9-6-5-7-10-16/h5-11,13-15H,12H2,1-4H3,(H,23,24)/b11-8+. The maximum Gasteiger partial charge on any atom is 0.340 e. The molecule has 2 aromatic rings. The molecule has 0 aromatic heterocycles. The molecular formula is C22H25NO5. The fourth-order valence-corrected chi connectivity index (χ4v) is 2.38. The SMILES string of the molecule is COc1cc(NC(=O)C(C)C)c(C(=O)OC/C=C/c2ccccc2)cc1OC. The minimum atomic E-state index is -0.572. The van der Waals surface area contributed by atoms with Crippen molar-refractivity contribution in [3.8, 4) is 11.5 Å². The molecule has 1 N–H and O–H groups in total. The van der Waals surface area contributed by atoms with Crippen LogP contribution in [0.15, 0.2) is 48.5 Å². The van der Waals surface area contributed by atoms with Crippen LogP contribution in [0.3, 0.4) is 0 Å². The highest BCUT2D eigenvalue weighted by atomic mass is 16.5. The first-order valence-electron chi connectivity index (χ1n) is 8.91. The molecule has 148 valence electrons. The van der Waals surface area contributed by atoms with Crippen LogP contribution in [-0.2, 0) is 9.53 Å². The number of benzene rings is 2. The molecular weight excluding hydrogens is 358 g/mol. The Morgan fingerprint density at radius 2 is 1.68 bits per heavy atom. The van der Waals surface area contributed by atoms with Gasteiger partial charge in [0.1, 0.15) is 6.61 Å². The number of rotatable bonds is 8. The molecule has 0 radical (unpaired) electrons. The third-order valence-electron chi connectivity index (χ3n) is 3.95. The summed E-state index contributed by atoms with van der Waals surface area (Å²) in [4.78, 5) is 24.7. The summed E-state index contributed by atoms with van der Waals surface area (Å²) < 4.78 is 15.9. The molecule has 0 aliphatic rings. The summed E-state index contributed by atoms with van der Waals surface area (Å²) in [5.74, 6) is -0.257. The lowest BCUT2D eigenvalue weighted by Crippen LogP contribution is -2.20. The van der Waals surface area contributed by atoms with Crippen LogP contribution in [0.5, 0.6) is 11.5 Å². The van der Waals surface area contributed by atoms with E-state index >= 15 is 0 Å². The zero-order valence-electron chi connectivity index (χ0n) is 16.5. The van der Waals surface area contributed by atoms with E-state index in [1.54, 1.807) is 26.0 Å². The molecule has 0 bridgehead atoms. The van der Waals surface area contributed by atoms with Gasteiger partial charge in [0.15, 0.2) is 11.5 Å². The molecule has 0 saturated carbocycles. The van der Waals surface area contributed by atoms with Crippen molar-refractivity contribution in [3.63, 3.8) is 0 Å². The Kier molecular flexibility index (Phi) is 7.63. The molecule has 2 rings (SSSR count). The minimum Gasteiger partial charge on any atom is -0.493 e. The summed E-state index contributed by atoms with van der Waals surface area (Å²) in [7, 11) is 2.96. The van der Waals surface area contributed by atoms with Gasteiger partial charge in [-0.15, -0.1) is 0 Å². The molecule has 0 atom stereocenters. The van der Waals surface area contributed by atoms with Gasteiger partial charge in [-0.2, -0.15) is 0 Å². The van der Waals surface area contributed by atoms with E-state index in [9.17, 15) is 9.59 Å². The summed E-state index contributed by atoms with van der Waals surface area (Å²) in [6.45, 7) is 3.63. The molecule has 0 saturated heterocycles. The smallest absolute Gasteiger partial charge is 0.340 e. The van der Waals surface area contributed by atoms with E-state index < -0.39 is 5.97 Å². The van der Waals surface area contributed by atoms with Crippen LogP contribution in [0.25, 0.3) is 6.08 Å². The fourth-order valence-electron chi connectivity index (χ4n) is 2.38. The zero-order chi connectivity index (χ0) is 20.5. The summed E-state index contributed by atoms with van der Waals surface area (Å²) in [6, 6.07) is 12.7. The third-order valence-corrected chi connectivity index (χ3v) is 3.95. The summed E-state index contributed by atoms with van der Waals surface area (Å²) >= 11 is 0. The van der Waals surface area contributed by atoms with Gasteiger partial charge in [0.25, 0.3) is 0 Å². The Hall–Kier alpha value is -3.28. The summed E-state index contributed by atoms with van der Waals surface area (Å²) in [6.07, 6.45) is 3.61. The van der Waals surface area contributed by atoms with Gasteiger partial charge < -0.3 is 19.5 Å². The molecule has 0 fully saturated rings. The number of hydrogen-bond acceptors (Lipinski definition) is 5. The lowest BCUT2D eigenvalue weighted by atomic mass is 10.1. The Bertz CT molecular complexity index is 844. The number of anilines is 1. The van der Waals surface area contributed by atoms with Crippen molar-refractivity contribution in [3.05, 3.63) is 59.7 Å². The molecule has 0 aliphatic heterocycles. The third kappa shape index (κ3) is 5.61. The average Bonchev–Trinajstić information content (AvgIpc) is 2.71. The molecule has 0 aliphatic carbocycles. The molecule has 0 spiro atoms. The van der Waals surface area contributed by atoms with Gasteiger partial charge in [0.05, 0.1) is 25.5 Å². The molecule has 1 amide bonds. The number of amides is 1. The van der Waals surface area contributed by atoms with Crippen molar-refractivity contribution in [1.29, 1.82) is 0 Å². The number of hydrogen-bond donors (Lipinski definition) is 1. The van der Waals surface area contributed by atoms with Crippen molar-refractivity contribution in [1.82, 2.24) is 0 Å². The van der Waals surface area contributed by atoms with E-state index in [2.05, 4.69) is 5.32 Å². The van der Waals surface area contributed by atoms with E-state index in [0.717, 1.165) is 5.56 Å². The van der Waals surface area contributed by atoms with Crippen LogP contribution in [0.2, 0.25) is 0 Å². The van der Waals surface area contributed by atoms with Crippen LogP contribution < -0.4 is 14.8 Å². The maximum absolute atomic E-state index is 12.6. The molecule has 6 nitrogen and oxygen atoms in total. The van der Waals surface area contributed by atoms with E-state index in [4.69, 9.17) is 14.2 Å². The molecule has 0 heterocycles. The Morgan fingerprint density at radius 1 is 1.04 bits per heavy atom. The molecule has 6 heteroatoms. The first kappa shape index (κ1) is 21.0. The fraction of sp³-hybridized carbons (Fsp3) is 0.273. The van der Waals surface area contributed by atoms with Gasteiger partial charge in [0.2, 0.25) is 5.91 Å². The number of esters is 1. The molecule has 0 unspecified atom stereocenters. The monoisotopic (exact) mass is 383 g/mol. The van der Waals surface area contributed by atoms with E-state index in [0.29, 0.717) is 17.2 Å². The van der Waals surface area contributed by atoms with Gasteiger partial charge >= 0.3 is 5.97 Å². The number of carbonyl (C=O) groups is 2. The van der Waals surface area contributed by atoms with E-state index in [-0.39, 0.29) is 24.0 Å². The molecule has 28 heavy (non-hydrogen) atoms. The second-order valence-corrected chi connectivity index (χ2v) is 6.31. The normalized spacial score (nSPS) is 10.8. The van der Waals surface area contributed by atoms with Crippen LogP contribution in [-0.4, -0.2) is 32.7 Å². The second-order valence-electron chi connectivity index (χ2n) is 6.31. The van der Waals surface area contributed by atoms with Crippen molar-refractivity contribution in [2.45, 2.75) is 13.8 Å². The first-order valence-corrected chi connectivity index (χ1v) is 8.91. The van der Waals surface area contributed by atoms with Crippen molar-refractivity contribution in [2.75, 3.05) is 26.1 Å². The predicted octanol–water partition coefficient (Wildman–Crippen LogP) is 4.17. The summed E-state index contributed by atoms with van der Waals surface area (Å²) in [5, 5.41) is 2.74. The maximum atomic E-state index is 12.6. The van der Waals surface area contributed by atoms with Crippen molar-refractivity contribution >= 4 is 23.6 Å². The van der Waals surface area contributed by atoms with Crippen molar-refractivity contribution in [2.24, 2.45) is 5.92 Å². The highest BCUT2D eigenvalue weighted by molar-refractivity contribution is 6.02. The molecule has 2 aromatic carbocycles. The topological polar surface area (TPSA) is 73.9 Å². The van der Waals surface area contributed by atoms with Crippen LogP contribution >= 0.6 is 0 Å². The number of methoxy groups -OCH3 is 2. The summed E-state index contributed by atoms with van der Waals surface area (Å²) in [5.41, 5.74) is 1.52. The van der Waals surface area contributed by atoms with E-state index in [1.807, 2.05) is 36.4 Å². The highest BCUT2D eigenvalue weighted by Crippen LogP contribution is 2.34. The number of ether oxygens (including phenoxy) is 3. The minimum absolute atomic E-state index is 0.0969. The Labute approximate surface area is 165 Å². The number of carbonyl (C=O) groups excluding carboxylic acids is 2. The largest absolute Gasteiger partial charge is 0.493 e. The Balaban J connectivity index is 2.19.